The SMILES string of the molecule is CCC(C)(C)N(C)Cc1ccc(F)c(C=CC(=O)O)c1. The van der Waals surface area contributed by atoms with Crippen LogP contribution < -0.4 is 0 Å². The highest BCUT2D eigenvalue weighted by Gasteiger charge is 2.21. The molecule has 1 aromatic rings. The largest absolute Gasteiger partial charge is 0.478 e. The quantitative estimate of drug-likeness (QED) is 0.810. The van der Waals surface area contributed by atoms with E-state index < -0.39 is 11.8 Å². The number of benzene rings is 1. The Labute approximate surface area is 119 Å². The zero-order valence-corrected chi connectivity index (χ0v) is 12.5. The van der Waals surface area contributed by atoms with Gasteiger partial charge in [0.2, 0.25) is 0 Å². The minimum absolute atomic E-state index is 0.0610. The Morgan fingerprint density at radius 3 is 2.65 bits per heavy atom. The van der Waals surface area contributed by atoms with Gasteiger partial charge in [-0.25, -0.2) is 9.18 Å². The first-order valence-electron chi connectivity index (χ1n) is 6.67. The van der Waals surface area contributed by atoms with Crippen molar-refractivity contribution in [1.82, 2.24) is 4.90 Å². The number of carbonyl (C=O) groups is 1. The predicted octanol–water partition coefficient (Wildman–Crippen LogP) is 3.54. The van der Waals surface area contributed by atoms with E-state index in [1.165, 1.54) is 12.1 Å². The van der Waals surface area contributed by atoms with Crippen molar-refractivity contribution in [2.45, 2.75) is 39.3 Å². The molecule has 0 bridgehead atoms. The summed E-state index contributed by atoms with van der Waals surface area (Å²) in [5.74, 6) is -1.50. The second kappa shape index (κ2) is 6.66. The van der Waals surface area contributed by atoms with Gasteiger partial charge in [-0.3, -0.25) is 4.90 Å². The summed E-state index contributed by atoms with van der Waals surface area (Å²) in [5.41, 5.74) is 1.32. The summed E-state index contributed by atoms with van der Waals surface area (Å²) in [6, 6.07) is 4.80. The molecular weight excluding hydrogens is 257 g/mol. The fourth-order valence-electron chi connectivity index (χ4n) is 1.74. The number of hydrogen-bond acceptors (Lipinski definition) is 2. The van der Waals surface area contributed by atoms with E-state index in [0.717, 1.165) is 18.1 Å². The number of carboxylic acids is 1. The average Bonchev–Trinajstić information content (AvgIpc) is 2.39. The summed E-state index contributed by atoms with van der Waals surface area (Å²) < 4.78 is 13.6. The van der Waals surface area contributed by atoms with E-state index in [4.69, 9.17) is 5.11 Å². The fraction of sp³-hybridized carbons (Fsp3) is 0.438. The molecule has 0 heterocycles. The standard InChI is InChI=1S/C16H22FNO2/c1-5-16(2,3)18(4)11-12-6-8-14(17)13(10-12)7-9-15(19)20/h6-10H,5,11H2,1-4H3,(H,19,20). The number of carboxylic acid groups (broad SMARTS) is 1. The van der Waals surface area contributed by atoms with Gasteiger partial charge in [-0.15, -0.1) is 0 Å². The Bertz CT molecular complexity index is 509. The molecule has 0 fully saturated rings. The first-order chi connectivity index (χ1) is 9.26. The molecule has 0 aliphatic rings. The highest BCUT2D eigenvalue weighted by molar-refractivity contribution is 5.85. The van der Waals surface area contributed by atoms with Gasteiger partial charge >= 0.3 is 5.97 Å². The van der Waals surface area contributed by atoms with Gasteiger partial charge in [0, 0.05) is 23.7 Å². The molecule has 0 unspecified atom stereocenters. The van der Waals surface area contributed by atoms with Crippen LogP contribution in [-0.4, -0.2) is 28.6 Å². The maximum atomic E-state index is 13.6. The van der Waals surface area contributed by atoms with Crippen molar-refractivity contribution >= 4 is 12.0 Å². The van der Waals surface area contributed by atoms with E-state index >= 15 is 0 Å². The average molecular weight is 279 g/mol. The van der Waals surface area contributed by atoms with Crippen molar-refractivity contribution in [1.29, 1.82) is 0 Å². The van der Waals surface area contributed by atoms with Crippen LogP contribution in [0.4, 0.5) is 4.39 Å². The molecule has 0 aliphatic carbocycles. The monoisotopic (exact) mass is 279 g/mol. The van der Waals surface area contributed by atoms with Crippen LogP contribution in [0.25, 0.3) is 6.08 Å². The van der Waals surface area contributed by atoms with E-state index in [-0.39, 0.29) is 5.54 Å². The number of hydrogen-bond donors (Lipinski definition) is 1. The Hall–Kier alpha value is -1.68. The molecule has 0 aromatic heterocycles. The summed E-state index contributed by atoms with van der Waals surface area (Å²) in [6.07, 6.45) is 3.24. The Balaban J connectivity index is 2.93. The van der Waals surface area contributed by atoms with Crippen LogP contribution >= 0.6 is 0 Å². The van der Waals surface area contributed by atoms with Crippen LogP contribution in [0.3, 0.4) is 0 Å². The summed E-state index contributed by atoms with van der Waals surface area (Å²) in [7, 11) is 2.03. The van der Waals surface area contributed by atoms with Gasteiger partial charge in [-0.05, 0) is 51.1 Å². The molecule has 1 rings (SSSR count). The molecule has 0 amide bonds. The molecule has 110 valence electrons. The van der Waals surface area contributed by atoms with Crippen molar-refractivity contribution in [3.05, 3.63) is 41.2 Å². The lowest BCUT2D eigenvalue weighted by atomic mass is 9.99. The van der Waals surface area contributed by atoms with E-state index in [1.54, 1.807) is 12.1 Å². The molecule has 20 heavy (non-hydrogen) atoms. The third-order valence-electron chi connectivity index (χ3n) is 3.78. The number of aliphatic carboxylic acids is 1. The topological polar surface area (TPSA) is 40.5 Å². The molecule has 0 radical (unpaired) electrons. The summed E-state index contributed by atoms with van der Waals surface area (Å²) in [5, 5.41) is 8.60. The summed E-state index contributed by atoms with van der Waals surface area (Å²) in [4.78, 5) is 12.7. The molecule has 3 nitrogen and oxygen atoms in total. The molecule has 0 atom stereocenters. The second-order valence-electron chi connectivity index (χ2n) is 5.55. The van der Waals surface area contributed by atoms with Gasteiger partial charge in [0.1, 0.15) is 5.82 Å². The second-order valence-corrected chi connectivity index (χ2v) is 5.55. The van der Waals surface area contributed by atoms with E-state index in [1.807, 2.05) is 7.05 Å². The van der Waals surface area contributed by atoms with Gasteiger partial charge in [-0.1, -0.05) is 13.0 Å². The zero-order valence-electron chi connectivity index (χ0n) is 12.5. The molecule has 0 aliphatic heterocycles. The molecule has 1 aromatic carbocycles. The molecule has 4 heteroatoms. The minimum Gasteiger partial charge on any atom is -0.478 e. The predicted molar refractivity (Wildman–Crippen MR) is 78.9 cm³/mol. The Kier molecular flexibility index (Phi) is 5.45. The van der Waals surface area contributed by atoms with Crippen LogP contribution in [0.1, 0.15) is 38.3 Å². The van der Waals surface area contributed by atoms with Gasteiger partial charge < -0.3 is 5.11 Å². The molecule has 0 saturated carbocycles. The van der Waals surface area contributed by atoms with Crippen LogP contribution in [0.2, 0.25) is 0 Å². The lowest BCUT2D eigenvalue weighted by Gasteiger charge is -2.34. The smallest absolute Gasteiger partial charge is 0.328 e. The van der Waals surface area contributed by atoms with Crippen LogP contribution in [0.5, 0.6) is 0 Å². The third-order valence-corrected chi connectivity index (χ3v) is 3.78. The zero-order chi connectivity index (χ0) is 15.3. The van der Waals surface area contributed by atoms with Crippen LogP contribution in [0, 0.1) is 5.82 Å². The fourth-order valence-corrected chi connectivity index (χ4v) is 1.74. The number of rotatable bonds is 6. The molecule has 1 N–H and O–H groups in total. The Morgan fingerprint density at radius 1 is 1.45 bits per heavy atom. The maximum Gasteiger partial charge on any atom is 0.328 e. The van der Waals surface area contributed by atoms with Crippen molar-refractivity contribution in [3.63, 3.8) is 0 Å². The first-order valence-corrected chi connectivity index (χ1v) is 6.67. The van der Waals surface area contributed by atoms with Crippen molar-refractivity contribution in [2.24, 2.45) is 0 Å². The summed E-state index contributed by atoms with van der Waals surface area (Å²) >= 11 is 0. The highest BCUT2D eigenvalue weighted by atomic mass is 19.1. The van der Waals surface area contributed by atoms with Gasteiger partial charge in [0.25, 0.3) is 0 Å². The summed E-state index contributed by atoms with van der Waals surface area (Å²) in [6.45, 7) is 7.13. The number of nitrogens with zero attached hydrogens (tertiary/aromatic N) is 1. The lowest BCUT2D eigenvalue weighted by molar-refractivity contribution is -0.131. The van der Waals surface area contributed by atoms with Gasteiger partial charge in [0.15, 0.2) is 0 Å². The molecule has 0 saturated heterocycles. The number of halogens is 1. The third kappa shape index (κ3) is 4.46. The maximum absolute atomic E-state index is 13.6. The van der Waals surface area contributed by atoms with Crippen molar-refractivity contribution in [3.8, 4) is 0 Å². The minimum atomic E-state index is -1.08. The van der Waals surface area contributed by atoms with Gasteiger partial charge in [-0.2, -0.15) is 0 Å². The molecular formula is C16H22FNO2. The van der Waals surface area contributed by atoms with E-state index in [9.17, 15) is 9.18 Å². The van der Waals surface area contributed by atoms with Crippen molar-refractivity contribution in [2.75, 3.05) is 7.05 Å². The van der Waals surface area contributed by atoms with E-state index in [2.05, 4.69) is 25.7 Å². The van der Waals surface area contributed by atoms with E-state index in [0.29, 0.717) is 12.1 Å². The van der Waals surface area contributed by atoms with Crippen LogP contribution in [0.15, 0.2) is 24.3 Å². The Morgan fingerprint density at radius 2 is 2.10 bits per heavy atom. The lowest BCUT2D eigenvalue weighted by Crippen LogP contribution is -2.39. The first kappa shape index (κ1) is 16.4. The van der Waals surface area contributed by atoms with Crippen molar-refractivity contribution < 1.29 is 14.3 Å². The normalized spacial score (nSPS) is 12.3. The van der Waals surface area contributed by atoms with Gasteiger partial charge in [0.05, 0.1) is 0 Å². The molecule has 0 spiro atoms. The van der Waals surface area contributed by atoms with Crippen LogP contribution in [-0.2, 0) is 11.3 Å². The highest BCUT2D eigenvalue weighted by Crippen LogP contribution is 2.20.